The Morgan fingerprint density at radius 3 is 2.36 bits per heavy atom. The number of nitrogens with two attached hydrogens (primary N) is 1. The number of hydrogen-bond acceptors (Lipinski definition) is 8. The van der Waals surface area contributed by atoms with Gasteiger partial charge < -0.3 is 24.9 Å². The number of sulfonamides is 1. The van der Waals surface area contributed by atoms with Crippen LogP contribution in [0, 0.1) is 0 Å². The van der Waals surface area contributed by atoms with Crippen molar-refractivity contribution >= 4 is 39.1 Å². The van der Waals surface area contributed by atoms with Gasteiger partial charge in [0.25, 0.3) is 15.9 Å². The van der Waals surface area contributed by atoms with Crippen molar-refractivity contribution in [3.63, 3.8) is 0 Å². The Labute approximate surface area is 195 Å². The van der Waals surface area contributed by atoms with Crippen molar-refractivity contribution in [1.82, 2.24) is 9.21 Å². The maximum absolute atomic E-state index is 12.7. The van der Waals surface area contributed by atoms with Crippen LogP contribution in [0.15, 0.2) is 33.8 Å². The molecule has 2 aliphatic rings. The Balaban J connectivity index is 1.33. The van der Waals surface area contributed by atoms with E-state index in [0.717, 1.165) is 6.42 Å². The maximum atomic E-state index is 12.7. The highest BCUT2D eigenvalue weighted by molar-refractivity contribution is 7.89. The SMILES string of the molecule is NC(=O)c1ccc(S(=O)(=O)N2CCN(CC(=O)Nc3cc4c(cc3Cl)OCCCO4)CC2)o1. The molecule has 0 radical (unpaired) electrons. The first-order valence-electron chi connectivity index (χ1n) is 10.2. The van der Waals surface area contributed by atoms with E-state index in [1.165, 1.54) is 16.4 Å². The standard InChI is InChI=1S/C20H23ClN4O7S/c21-13-10-16-17(31-9-1-8-30-16)11-14(13)23-18(26)12-24-4-6-25(7-5-24)33(28,29)19-3-2-15(32-19)20(22)27/h2-3,10-11H,1,4-9,12H2,(H2,22,27)(H,23,26). The fraction of sp³-hybridized carbons (Fsp3) is 0.400. The largest absolute Gasteiger partial charge is 0.490 e. The Hall–Kier alpha value is -2.80. The predicted octanol–water partition coefficient (Wildman–Crippen LogP) is 1.14. The average Bonchev–Trinajstić information content (AvgIpc) is 3.18. The normalized spacial score (nSPS) is 17.4. The first kappa shape index (κ1) is 23.4. The van der Waals surface area contributed by atoms with Crippen LogP contribution in [0.1, 0.15) is 17.0 Å². The Bertz CT molecular complexity index is 1160. The van der Waals surface area contributed by atoms with Gasteiger partial charge in [-0.25, -0.2) is 8.42 Å². The fourth-order valence-corrected chi connectivity index (χ4v) is 5.05. The molecule has 1 fully saturated rings. The van der Waals surface area contributed by atoms with E-state index in [1.54, 1.807) is 12.1 Å². The smallest absolute Gasteiger partial charge is 0.284 e. The summed E-state index contributed by atoms with van der Waals surface area (Å²) < 4.78 is 43.0. The molecule has 2 amide bonds. The average molecular weight is 499 g/mol. The third kappa shape index (κ3) is 5.24. The molecule has 0 unspecified atom stereocenters. The molecule has 178 valence electrons. The van der Waals surface area contributed by atoms with Crippen molar-refractivity contribution in [3.8, 4) is 11.5 Å². The Kier molecular flexibility index (Phi) is 6.79. The minimum absolute atomic E-state index is 0.0607. The van der Waals surface area contributed by atoms with Crippen LogP contribution >= 0.6 is 11.6 Å². The number of carbonyl (C=O) groups excluding carboxylic acids is 2. The molecular weight excluding hydrogens is 476 g/mol. The quantitative estimate of drug-likeness (QED) is 0.603. The number of amides is 2. The van der Waals surface area contributed by atoms with Gasteiger partial charge in [-0.3, -0.25) is 14.5 Å². The predicted molar refractivity (Wildman–Crippen MR) is 118 cm³/mol. The molecule has 0 atom stereocenters. The van der Waals surface area contributed by atoms with Gasteiger partial charge >= 0.3 is 0 Å². The van der Waals surface area contributed by atoms with E-state index in [1.807, 2.05) is 4.90 Å². The van der Waals surface area contributed by atoms with Crippen LogP contribution in [0.3, 0.4) is 0 Å². The summed E-state index contributed by atoms with van der Waals surface area (Å²) in [6, 6.07) is 5.67. The van der Waals surface area contributed by atoms with E-state index in [9.17, 15) is 18.0 Å². The molecule has 2 aliphatic heterocycles. The number of fused-ring (bicyclic) bond motifs is 1. The highest BCUT2D eigenvalue weighted by atomic mass is 35.5. The van der Waals surface area contributed by atoms with Gasteiger partial charge in [-0.1, -0.05) is 11.6 Å². The molecule has 0 spiro atoms. The number of nitrogens with zero attached hydrogens (tertiary/aromatic N) is 2. The molecule has 1 aromatic heterocycles. The fourth-order valence-electron chi connectivity index (χ4n) is 3.52. The van der Waals surface area contributed by atoms with E-state index < -0.39 is 15.9 Å². The lowest BCUT2D eigenvalue weighted by atomic mass is 10.2. The van der Waals surface area contributed by atoms with Gasteiger partial charge in [0, 0.05) is 44.7 Å². The molecule has 13 heteroatoms. The zero-order valence-electron chi connectivity index (χ0n) is 17.6. The third-order valence-corrected chi connectivity index (χ3v) is 7.31. The molecule has 11 nitrogen and oxygen atoms in total. The molecule has 0 aliphatic carbocycles. The van der Waals surface area contributed by atoms with E-state index in [0.29, 0.717) is 48.5 Å². The van der Waals surface area contributed by atoms with Gasteiger partial charge in [-0.15, -0.1) is 0 Å². The van der Waals surface area contributed by atoms with Crippen molar-refractivity contribution in [3.05, 3.63) is 35.0 Å². The maximum Gasteiger partial charge on any atom is 0.284 e. The summed E-state index contributed by atoms with van der Waals surface area (Å²) in [7, 11) is -3.90. The number of halogens is 1. The number of rotatable bonds is 6. The van der Waals surface area contributed by atoms with Gasteiger partial charge in [0.05, 0.1) is 30.5 Å². The summed E-state index contributed by atoms with van der Waals surface area (Å²) in [6.45, 7) is 2.10. The van der Waals surface area contributed by atoms with Crippen LogP contribution < -0.4 is 20.5 Å². The number of carbonyl (C=O) groups is 2. The van der Waals surface area contributed by atoms with Crippen molar-refractivity contribution in [2.45, 2.75) is 11.5 Å². The summed E-state index contributed by atoms with van der Waals surface area (Å²) in [5, 5.41) is 2.76. The van der Waals surface area contributed by atoms with Crippen LogP contribution in [-0.4, -0.2) is 75.4 Å². The second-order valence-electron chi connectivity index (χ2n) is 7.54. The third-order valence-electron chi connectivity index (χ3n) is 5.23. The van der Waals surface area contributed by atoms with E-state index >= 15 is 0 Å². The number of benzene rings is 1. The van der Waals surface area contributed by atoms with Crippen LogP contribution in [-0.2, 0) is 14.8 Å². The lowest BCUT2D eigenvalue weighted by Crippen LogP contribution is -2.50. The lowest BCUT2D eigenvalue weighted by Gasteiger charge is -2.32. The van der Waals surface area contributed by atoms with E-state index in [2.05, 4.69) is 5.32 Å². The zero-order chi connectivity index (χ0) is 23.6. The molecule has 1 saturated heterocycles. The number of nitrogens with one attached hydrogen (secondary N) is 1. The lowest BCUT2D eigenvalue weighted by molar-refractivity contribution is -0.117. The number of primary amides is 1. The second-order valence-corrected chi connectivity index (χ2v) is 9.82. The Morgan fingerprint density at radius 2 is 1.73 bits per heavy atom. The van der Waals surface area contributed by atoms with Crippen molar-refractivity contribution < 1.29 is 31.9 Å². The molecule has 33 heavy (non-hydrogen) atoms. The van der Waals surface area contributed by atoms with Crippen LogP contribution in [0.2, 0.25) is 5.02 Å². The number of furan rings is 1. The van der Waals surface area contributed by atoms with Crippen LogP contribution in [0.25, 0.3) is 0 Å². The number of anilines is 1. The topological polar surface area (TPSA) is 144 Å². The monoisotopic (exact) mass is 498 g/mol. The van der Waals surface area contributed by atoms with Gasteiger partial charge in [0.1, 0.15) is 0 Å². The molecule has 4 rings (SSSR count). The van der Waals surface area contributed by atoms with Gasteiger partial charge in [-0.2, -0.15) is 4.31 Å². The van der Waals surface area contributed by atoms with Gasteiger partial charge in [0.15, 0.2) is 17.3 Å². The summed E-state index contributed by atoms with van der Waals surface area (Å²) in [6.07, 6.45) is 0.752. The molecule has 3 heterocycles. The van der Waals surface area contributed by atoms with Crippen molar-refractivity contribution in [1.29, 1.82) is 0 Å². The summed E-state index contributed by atoms with van der Waals surface area (Å²) in [5.74, 6) is -0.311. The first-order valence-corrected chi connectivity index (χ1v) is 12.1. The summed E-state index contributed by atoms with van der Waals surface area (Å²) >= 11 is 6.28. The number of hydrogen-bond donors (Lipinski definition) is 2. The molecule has 0 saturated carbocycles. The zero-order valence-corrected chi connectivity index (χ0v) is 19.2. The van der Waals surface area contributed by atoms with E-state index in [-0.39, 0.29) is 36.4 Å². The minimum atomic E-state index is -3.90. The second kappa shape index (κ2) is 9.59. The molecule has 0 bridgehead atoms. The van der Waals surface area contributed by atoms with Gasteiger partial charge in [-0.05, 0) is 12.1 Å². The summed E-state index contributed by atoms with van der Waals surface area (Å²) in [5.41, 5.74) is 5.52. The summed E-state index contributed by atoms with van der Waals surface area (Å²) in [4.78, 5) is 25.5. The highest BCUT2D eigenvalue weighted by Gasteiger charge is 2.32. The first-order chi connectivity index (χ1) is 15.7. The van der Waals surface area contributed by atoms with E-state index in [4.69, 9.17) is 31.2 Å². The molecule has 3 N–H and O–H groups in total. The van der Waals surface area contributed by atoms with Crippen molar-refractivity contribution in [2.75, 3.05) is 51.3 Å². The number of ether oxygens (including phenoxy) is 2. The molecule has 2 aromatic rings. The molecule has 1 aromatic carbocycles. The Morgan fingerprint density at radius 1 is 1.06 bits per heavy atom. The van der Waals surface area contributed by atoms with Gasteiger partial charge in [0.2, 0.25) is 11.0 Å². The molecular formula is C20H23ClN4O7S. The minimum Gasteiger partial charge on any atom is -0.490 e. The van der Waals surface area contributed by atoms with Crippen LogP contribution in [0.4, 0.5) is 5.69 Å². The number of piperazine rings is 1. The van der Waals surface area contributed by atoms with Crippen LogP contribution in [0.5, 0.6) is 11.5 Å². The highest BCUT2D eigenvalue weighted by Crippen LogP contribution is 2.37. The van der Waals surface area contributed by atoms with Crippen molar-refractivity contribution in [2.24, 2.45) is 5.73 Å².